The number of benzene rings is 1. The topological polar surface area (TPSA) is 106 Å². The Morgan fingerprint density at radius 2 is 1.96 bits per heavy atom. The summed E-state index contributed by atoms with van der Waals surface area (Å²) in [6.07, 6.45) is 1.64. The van der Waals surface area contributed by atoms with E-state index < -0.39 is 11.6 Å². The molecule has 2 fully saturated rings. The van der Waals surface area contributed by atoms with Crippen LogP contribution in [0.5, 0.6) is 0 Å². The number of hydrogen-bond donors (Lipinski definition) is 4. The number of carbonyl (C=O) groups is 1. The first-order valence-electron chi connectivity index (χ1n) is 8.89. The van der Waals surface area contributed by atoms with E-state index in [0.29, 0.717) is 6.54 Å². The monoisotopic (exact) mass is 345 g/mol. The van der Waals surface area contributed by atoms with Gasteiger partial charge in [0.2, 0.25) is 0 Å². The Labute approximate surface area is 148 Å². The van der Waals surface area contributed by atoms with Crippen LogP contribution < -0.4 is 11.1 Å². The van der Waals surface area contributed by atoms with Crippen molar-refractivity contribution in [3.05, 3.63) is 35.9 Å². The standard InChI is InChI=1S/C18H27N5O2/c19-17(20)15-7-4-10-23(13-16(24)25)18(15,14-5-2-1-3-6-14)22-11-8-21-9-12-22/h1-3,5-6,15,21H,4,7-13H2,(H3,19,20)(H,24,25). The molecule has 0 bridgehead atoms. The molecule has 2 atom stereocenters. The molecular formula is C18H27N5O2. The van der Waals surface area contributed by atoms with E-state index in [1.165, 1.54) is 0 Å². The predicted molar refractivity (Wildman–Crippen MR) is 96.4 cm³/mol. The smallest absolute Gasteiger partial charge is 0.317 e. The summed E-state index contributed by atoms with van der Waals surface area (Å²) in [5.74, 6) is -0.932. The van der Waals surface area contributed by atoms with Crippen molar-refractivity contribution in [2.75, 3.05) is 39.3 Å². The van der Waals surface area contributed by atoms with Crippen LogP contribution in [0, 0.1) is 11.3 Å². The molecule has 2 saturated heterocycles. The zero-order chi connectivity index (χ0) is 17.9. The number of nitrogens with one attached hydrogen (secondary N) is 2. The van der Waals surface area contributed by atoms with Crippen LogP contribution in [0.15, 0.2) is 30.3 Å². The fraction of sp³-hybridized carbons (Fsp3) is 0.556. The molecule has 2 unspecified atom stereocenters. The number of nitrogens with two attached hydrogens (primary N) is 1. The number of carboxylic acids is 1. The van der Waals surface area contributed by atoms with E-state index in [4.69, 9.17) is 11.1 Å². The van der Waals surface area contributed by atoms with Gasteiger partial charge in [-0.3, -0.25) is 20.0 Å². The van der Waals surface area contributed by atoms with E-state index in [-0.39, 0.29) is 18.3 Å². The highest BCUT2D eigenvalue weighted by Crippen LogP contribution is 2.45. The van der Waals surface area contributed by atoms with Crippen molar-refractivity contribution in [3.8, 4) is 0 Å². The molecule has 5 N–H and O–H groups in total. The molecule has 2 aliphatic heterocycles. The van der Waals surface area contributed by atoms with Gasteiger partial charge in [-0.25, -0.2) is 0 Å². The second-order valence-corrected chi connectivity index (χ2v) is 6.79. The van der Waals surface area contributed by atoms with Crippen LogP contribution in [0.1, 0.15) is 18.4 Å². The molecule has 2 heterocycles. The number of likely N-dealkylation sites (tertiary alicyclic amines) is 1. The fourth-order valence-electron chi connectivity index (χ4n) is 4.49. The summed E-state index contributed by atoms with van der Waals surface area (Å²) in [7, 11) is 0. The minimum Gasteiger partial charge on any atom is -0.480 e. The van der Waals surface area contributed by atoms with Crippen molar-refractivity contribution in [2.24, 2.45) is 11.7 Å². The van der Waals surface area contributed by atoms with Gasteiger partial charge in [0.1, 0.15) is 5.66 Å². The maximum absolute atomic E-state index is 11.6. The second kappa shape index (κ2) is 7.51. The average Bonchev–Trinajstić information content (AvgIpc) is 2.62. The van der Waals surface area contributed by atoms with Crippen LogP contribution in [0.4, 0.5) is 0 Å². The quantitative estimate of drug-likeness (QED) is 0.457. The van der Waals surface area contributed by atoms with Gasteiger partial charge in [0.05, 0.1) is 18.3 Å². The summed E-state index contributed by atoms with van der Waals surface area (Å²) in [6.45, 7) is 3.93. The Morgan fingerprint density at radius 1 is 1.28 bits per heavy atom. The van der Waals surface area contributed by atoms with Crippen LogP contribution in [0.25, 0.3) is 0 Å². The number of piperazine rings is 1. The molecule has 0 aromatic heterocycles. The summed E-state index contributed by atoms with van der Waals surface area (Å²) in [4.78, 5) is 15.9. The highest BCUT2D eigenvalue weighted by molar-refractivity contribution is 5.81. The van der Waals surface area contributed by atoms with Gasteiger partial charge in [0.25, 0.3) is 0 Å². The van der Waals surface area contributed by atoms with Crippen LogP contribution in [0.3, 0.4) is 0 Å². The van der Waals surface area contributed by atoms with E-state index in [1.807, 2.05) is 35.2 Å². The molecule has 2 aliphatic rings. The lowest BCUT2D eigenvalue weighted by Gasteiger charge is -2.58. The van der Waals surface area contributed by atoms with E-state index in [2.05, 4.69) is 10.2 Å². The number of rotatable bonds is 5. The van der Waals surface area contributed by atoms with E-state index >= 15 is 0 Å². The molecular weight excluding hydrogens is 318 g/mol. The van der Waals surface area contributed by atoms with Gasteiger partial charge in [-0.2, -0.15) is 0 Å². The molecule has 0 saturated carbocycles. The molecule has 25 heavy (non-hydrogen) atoms. The first-order chi connectivity index (χ1) is 12.1. The zero-order valence-corrected chi connectivity index (χ0v) is 14.4. The Bertz CT molecular complexity index is 617. The fourth-order valence-corrected chi connectivity index (χ4v) is 4.49. The SMILES string of the molecule is N=C(N)C1CCCN(CC(=O)O)C1(c1ccccc1)N1CCNCC1. The van der Waals surface area contributed by atoms with Crippen molar-refractivity contribution in [1.82, 2.24) is 15.1 Å². The lowest BCUT2D eigenvalue weighted by molar-refractivity contribution is -0.153. The van der Waals surface area contributed by atoms with Crippen molar-refractivity contribution < 1.29 is 9.90 Å². The minimum absolute atomic E-state index is 0.0530. The van der Waals surface area contributed by atoms with Crippen LogP contribution in [-0.2, 0) is 10.5 Å². The Morgan fingerprint density at radius 3 is 2.56 bits per heavy atom. The van der Waals surface area contributed by atoms with Gasteiger partial charge in [0, 0.05) is 32.7 Å². The van der Waals surface area contributed by atoms with Crippen LogP contribution in [-0.4, -0.2) is 66.0 Å². The van der Waals surface area contributed by atoms with Gasteiger partial charge in [-0.15, -0.1) is 0 Å². The average molecular weight is 345 g/mol. The number of carboxylic acid groups (broad SMARTS) is 1. The van der Waals surface area contributed by atoms with E-state index in [9.17, 15) is 9.90 Å². The lowest BCUT2D eigenvalue weighted by Crippen LogP contribution is -2.69. The number of nitrogens with zero attached hydrogens (tertiary/aromatic N) is 2. The third-order valence-corrected chi connectivity index (χ3v) is 5.39. The number of amidine groups is 1. The molecule has 0 amide bonds. The van der Waals surface area contributed by atoms with Gasteiger partial charge in [-0.05, 0) is 18.4 Å². The number of piperidine rings is 1. The largest absolute Gasteiger partial charge is 0.480 e. The molecule has 1 aromatic carbocycles. The van der Waals surface area contributed by atoms with Gasteiger partial charge < -0.3 is 16.2 Å². The summed E-state index contributed by atoms with van der Waals surface area (Å²) in [6, 6.07) is 9.99. The van der Waals surface area contributed by atoms with Crippen molar-refractivity contribution in [1.29, 1.82) is 5.41 Å². The normalized spacial score (nSPS) is 28.6. The van der Waals surface area contributed by atoms with Crippen molar-refractivity contribution in [3.63, 3.8) is 0 Å². The molecule has 0 radical (unpaired) electrons. The molecule has 7 nitrogen and oxygen atoms in total. The van der Waals surface area contributed by atoms with Crippen molar-refractivity contribution >= 4 is 11.8 Å². The first kappa shape index (κ1) is 17.8. The molecule has 1 aromatic rings. The number of hydrogen-bond acceptors (Lipinski definition) is 5. The molecule has 136 valence electrons. The molecule has 0 aliphatic carbocycles. The minimum atomic E-state index is -0.848. The highest BCUT2D eigenvalue weighted by Gasteiger charge is 2.53. The Hall–Kier alpha value is -1.96. The molecule has 3 rings (SSSR count). The van der Waals surface area contributed by atoms with E-state index in [1.54, 1.807) is 0 Å². The molecule has 7 heteroatoms. The van der Waals surface area contributed by atoms with E-state index in [0.717, 1.165) is 44.6 Å². The van der Waals surface area contributed by atoms with Gasteiger partial charge in [0.15, 0.2) is 0 Å². The summed E-state index contributed by atoms with van der Waals surface area (Å²) >= 11 is 0. The van der Waals surface area contributed by atoms with Crippen molar-refractivity contribution in [2.45, 2.75) is 18.5 Å². The maximum atomic E-state index is 11.6. The third kappa shape index (κ3) is 3.27. The third-order valence-electron chi connectivity index (χ3n) is 5.39. The van der Waals surface area contributed by atoms with Gasteiger partial charge >= 0.3 is 5.97 Å². The number of aliphatic carboxylic acids is 1. The lowest BCUT2D eigenvalue weighted by atomic mass is 9.76. The van der Waals surface area contributed by atoms with Gasteiger partial charge in [-0.1, -0.05) is 30.3 Å². The van der Waals surface area contributed by atoms with Crippen LogP contribution in [0.2, 0.25) is 0 Å². The Kier molecular flexibility index (Phi) is 5.36. The van der Waals surface area contributed by atoms with Crippen LogP contribution >= 0.6 is 0 Å². The summed E-state index contributed by atoms with van der Waals surface area (Å²) in [5, 5.41) is 21.1. The zero-order valence-electron chi connectivity index (χ0n) is 14.4. The molecule has 0 spiro atoms. The summed E-state index contributed by atoms with van der Waals surface area (Å²) < 4.78 is 0. The summed E-state index contributed by atoms with van der Waals surface area (Å²) in [5.41, 5.74) is 6.40. The Balaban J connectivity index is 2.16. The predicted octanol–water partition coefficient (Wildman–Crippen LogP) is 0.477. The highest BCUT2D eigenvalue weighted by atomic mass is 16.4. The maximum Gasteiger partial charge on any atom is 0.317 e. The first-order valence-corrected chi connectivity index (χ1v) is 8.89. The second-order valence-electron chi connectivity index (χ2n) is 6.79.